The van der Waals surface area contributed by atoms with Gasteiger partial charge >= 0.3 is 0 Å². The van der Waals surface area contributed by atoms with Crippen molar-refractivity contribution in [3.05, 3.63) is 58.1 Å². The van der Waals surface area contributed by atoms with Crippen LogP contribution in [-0.2, 0) is 16.1 Å². The molecule has 0 aliphatic carbocycles. The highest BCUT2D eigenvalue weighted by Gasteiger charge is 2.17. The molecule has 30 heavy (non-hydrogen) atoms. The molecule has 0 saturated carbocycles. The van der Waals surface area contributed by atoms with Gasteiger partial charge in [0.15, 0.2) is 0 Å². The van der Waals surface area contributed by atoms with E-state index in [0.717, 1.165) is 34.6 Å². The van der Waals surface area contributed by atoms with Crippen LogP contribution in [-0.4, -0.2) is 49.6 Å². The summed E-state index contributed by atoms with van der Waals surface area (Å²) in [6.07, 6.45) is 1.73. The molecule has 9 heteroatoms. The standard InChI is InChI=1S/C21H21ClN4O3S/c22-19-15-3-1-2-4-16(15)30-20(19)21(28)25-13-18(27)24-12-14-5-6-23-17(11-14)26-7-9-29-10-8-26/h1-6,11H,7-10,12-13H2,(H,24,27)(H,25,28). The minimum absolute atomic E-state index is 0.120. The first-order valence-electron chi connectivity index (χ1n) is 9.61. The van der Waals surface area contributed by atoms with Crippen LogP contribution in [0.15, 0.2) is 42.6 Å². The van der Waals surface area contributed by atoms with Crippen molar-refractivity contribution in [3.8, 4) is 0 Å². The Morgan fingerprint density at radius 2 is 1.97 bits per heavy atom. The van der Waals surface area contributed by atoms with Crippen molar-refractivity contribution >= 4 is 50.7 Å². The van der Waals surface area contributed by atoms with Gasteiger partial charge in [-0.3, -0.25) is 9.59 Å². The molecule has 1 saturated heterocycles. The zero-order valence-electron chi connectivity index (χ0n) is 16.2. The van der Waals surface area contributed by atoms with Crippen LogP contribution in [0, 0.1) is 0 Å². The lowest BCUT2D eigenvalue weighted by Crippen LogP contribution is -2.37. The van der Waals surface area contributed by atoms with E-state index in [4.69, 9.17) is 16.3 Å². The molecular formula is C21H21ClN4O3S. The molecule has 2 N–H and O–H groups in total. The second kappa shape index (κ2) is 9.42. The molecule has 3 aromatic rings. The van der Waals surface area contributed by atoms with E-state index in [0.29, 0.717) is 29.7 Å². The maximum atomic E-state index is 12.4. The Kier molecular flexibility index (Phi) is 6.47. The van der Waals surface area contributed by atoms with E-state index in [1.54, 1.807) is 6.20 Å². The van der Waals surface area contributed by atoms with Gasteiger partial charge in [-0.05, 0) is 23.8 Å². The number of ether oxygens (including phenoxy) is 1. The van der Waals surface area contributed by atoms with Gasteiger partial charge in [0.05, 0.1) is 24.8 Å². The van der Waals surface area contributed by atoms with E-state index in [-0.39, 0.29) is 18.4 Å². The smallest absolute Gasteiger partial charge is 0.263 e. The first kappa shape index (κ1) is 20.6. The van der Waals surface area contributed by atoms with E-state index < -0.39 is 0 Å². The molecule has 2 aromatic heterocycles. The van der Waals surface area contributed by atoms with E-state index in [9.17, 15) is 9.59 Å². The number of morpholine rings is 1. The Labute approximate surface area is 183 Å². The predicted molar refractivity (Wildman–Crippen MR) is 118 cm³/mol. The number of fused-ring (bicyclic) bond motifs is 1. The van der Waals surface area contributed by atoms with Crippen molar-refractivity contribution in [2.24, 2.45) is 0 Å². The number of benzene rings is 1. The molecule has 0 bridgehead atoms. The summed E-state index contributed by atoms with van der Waals surface area (Å²) >= 11 is 7.63. The lowest BCUT2D eigenvalue weighted by atomic mass is 10.2. The monoisotopic (exact) mass is 444 g/mol. The number of nitrogens with zero attached hydrogens (tertiary/aromatic N) is 2. The number of hydrogen-bond donors (Lipinski definition) is 2. The van der Waals surface area contributed by atoms with Gasteiger partial charge in [0.1, 0.15) is 10.7 Å². The van der Waals surface area contributed by atoms with Crippen LogP contribution in [0.25, 0.3) is 10.1 Å². The van der Waals surface area contributed by atoms with E-state index >= 15 is 0 Å². The molecule has 156 valence electrons. The number of anilines is 1. The lowest BCUT2D eigenvalue weighted by molar-refractivity contribution is -0.120. The maximum absolute atomic E-state index is 12.4. The first-order chi connectivity index (χ1) is 14.6. The van der Waals surface area contributed by atoms with Gasteiger partial charge in [0.25, 0.3) is 5.91 Å². The lowest BCUT2D eigenvalue weighted by Gasteiger charge is -2.28. The fraction of sp³-hybridized carbons (Fsp3) is 0.286. The quantitative estimate of drug-likeness (QED) is 0.610. The minimum Gasteiger partial charge on any atom is -0.378 e. The second-order valence-electron chi connectivity index (χ2n) is 6.82. The number of halogens is 1. The van der Waals surface area contributed by atoms with Crippen molar-refractivity contribution in [2.75, 3.05) is 37.7 Å². The maximum Gasteiger partial charge on any atom is 0.263 e. The van der Waals surface area contributed by atoms with Crippen molar-refractivity contribution in [1.29, 1.82) is 0 Å². The third-order valence-electron chi connectivity index (χ3n) is 4.79. The zero-order valence-corrected chi connectivity index (χ0v) is 17.8. The van der Waals surface area contributed by atoms with Crippen molar-refractivity contribution in [3.63, 3.8) is 0 Å². The molecule has 3 heterocycles. The van der Waals surface area contributed by atoms with Gasteiger partial charge in [0.2, 0.25) is 5.91 Å². The molecule has 0 unspecified atom stereocenters. The van der Waals surface area contributed by atoms with Crippen LogP contribution in [0.3, 0.4) is 0 Å². The highest BCUT2D eigenvalue weighted by Crippen LogP contribution is 2.34. The minimum atomic E-state index is -0.352. The normalized spacial score (nSPS) is 14.0. The fourth-order valence-corrected chi connectivity index (χ4v) is 4.63. The van der Waals surface area contributed by atoms with Gasteiger partial charge in [0, 0.05) is 35.9 Å². The summed E-state index contributed by atoms with van der Waals surface area (Å²) in [6.45, 7) is 3.21. The van der Waals surface area contributed by atoms with Crippen LogP contribution in [0.4, 0.5) is 5.82 Å². The van der Waals surface area contributed by atoms with Gasteiger partial charge < -0.3 is 20.3 Å². The Morgan fingerprint density at radius 1 is 1.17 bits per heavy atom. The topological polar surface area (TPSA) is 83.6 Å². The third kappa shape index (κ3) is 4.72. The molecule has 0 spiro atoms. The van der Waals surface area contributed by atoms with E-state index in [2.05, 4.69) is 20.5 Å². The summed E-state index contributed by atoms with van der Waals surface area (Å²) in [4.78, 5) is 31.6. The number of amides is 2. The molecule has 0 radical (unpaired) electrons. The molecule has 4 rings (SSSR count). The summed E-state index contributed by atoms with van der Waals surface area (Å²) in [5, 5.41) is 6.72. The number of hydrogen-bond acceptors (Lipinski definition) is 6. The summed E-state index contributed by atoms with van der Waals surface area (Å²) in [6, 6.07) is 11.4. The van der Waals surface area contributed by atoms with Crippen LogP contribution >= 0.6 is 22.9 Å². The van der Waals surface area contributed by atoms with Gasteiger partial charge in [-0.1, -0.05) is 29.8 Å². The van der Waals surface area contributed by atoms with Crippen molar-refractivity contribution in [1.82, 2.24) is 15.6 Å². The second-order valence-corrected chi connectivity index (χ2v) is 8.25. The first-order valence-corrected chi connectivity index (χ1v) is 10.8. The molecule has 1 aliphatic rings. The van der Waals surface area contributed by atoms with Crippen LogP contribution in [0.1, 0.15) is 15.2 Å². The average molecular weight is 445 g/mol. The summed E-state index contributed by atoms with van der Waals surface area (Å²) in [7, 11) is 0. The summed E-state index contributed by atoms with van der Waals surface area (Å²) in [5.74, 6) is 0.248. The molecule has 2 amide bonds. The number of carbonyl (C=O) groups excluding carboxylic acids is 2. The fourth-order valence-electron chi connectivity index (χ4n) is 3.20. The summed E-state index contributed by atoms with van der Waals surface area (Å²) < 4.78 is 6.30. The number of aromatic nitrogens is 1. The zero-order chi connectivity index (χ0) is 20.9. The number of thiophene rings is 1. The highest BCUT2D eigenvalue weighted by molar-refractivity contribution is 7.21. The number of carbonyl (C=O) groups is 2. The summed E-state index contributed by atoms with van der Waals surface area (Å²) in [5.41, 5.74) is 0.943. The number of pyridine rings is 1. The molecule has 1 fully saturated rings. The molecular weight excluding hydrogens is 424 g/mol. The SMILES string of the molecule is O=C(CNC(=O)c1sc2ccccc2c1Cl)NCc1ccnc(N2CCOCC2)c1. The molecule has 1 aromatic carbocycles. The predicted octanol–water partition coefficient (Wildman–Crippen LogP) is 2.83. The van der Waals surface area contributed by atoms with Crippen LogP contribution < -0.4 is 15.5 Å². The number of rotatable bonds is 6. The largest absolute Gasteiger partial charge is 0.378 e. The van der Waals surface area contributed by atoms with E-state index in [1.165, 1.54) is 11.3 Å². The van der Waals surface area contributed by atoms with Crippen molar-refractivity contribution in [2.45, 2.75) is 6.54 Å². The third-order valence-corrected chi connectivity index (χ3v) is 6.46. The Morgan fingerprint density at radius 3 is 2.77 bits per heavy atom. The van der Waals surface area contributed by atoms with Gasteiger partial charge in [-0.2, -0.15) is 0 Å². The Hall–Kier alpha value is -2.68. The highest BCUT2D eigenvalue weighted by atomic mass is 35.5. The molecule has 0 atom stereocenters. The number of nitrogens with one attached hydrogen (secondary N) is 2. The Balaban J connectivity index is 1.29. The molecule has 1 aliphatic heterocycles. The Bertz CT molecular complexity index is 1070. The van der Waals surface area contributed by atoms with Crippen LogP contribution in [0.2, 0.25) is 5.02 Å². The van der Waals surface area contributed by atoms with Crippen molar-refractivity contribution < 1.29 is 14.3 Å². The van der Waals surface area contributed by atoms with Crippen LogP contribution in [0.5, 0.6) is 0 Å². The van der Waals surface area contributed by atoms with Gasteiger partial charge in [-0.15, -0.1) is 11.3 Å². The van der Waals surface area contributed by atoms with Gasteiger partial charge in [-0.25, -0.2) is 4.98 Å². The average Bonchev–Trinajstić information content (AvgIpc) is 3.13. The van der Waals surface area contributed by atoms with E-state index in [1.807, 2.05) is 36.4 Å². The molecule has 7 nitrogen and oxygen atoms in total.